The predicted octanol–water partition coefficient (Wildman–Crippen LogP) is 2.12. The molecule has 0 amide bonds. The van der Waals surface area contributed by atoms with Gasteiger partial charge < -0.3 is 15.0 Å². The minimum absolute atomic E-state index is 0.452. The highest BCUT2D eigenvalue weighted by molar-refractivity contribution is 4.67. The number of methoxy groups -OCH3 is 1. The maximum absolute atomic E-state index is 5.11. The monoisotopic (exact) mass is 230 g/mol. The van der Waals surface area contributed by atoms with Gasteiger partial charge >= 0.3 is 0 Å². The zero-order valence-electron chi connectivity index (χ0n) is 11.8. The molecular weight excluding hydrogens is 200 g/mol. The van der Waals surface area contributed by atoms with Gasteiger partial charge in [-0.3, -0.25) is 0 Å². The lowest BCUT2D eigenvalue weighted by molar-refractivity contribution is 0.166. The Morgan fingerprint density at radius 3 is 2.25 bits per heavy atom. The zero-order valence-corrected chi connectivity index (χ0v) is 11.8. The van der Waals surface area contributed by atoms with Gasteiger partial charge in [0.1, 0.15) is 0 Å². The summed E-state index contributed by atoms with van der Waals surface area (Å²) in [5.41, 5.74) is 0. The standard InChI is InChI=1S/C13H30N2O/c1-6-15(7-2)10-8-9-12(3)14-13(4)11-16-5/h12-14H,6-11H2,1-5H3. The molecule has 3 nitrogen and oxygen atoms in total. The fourth-order valence-electron chi connectivity index (χ4n) is 2.03. The second kappa shape index (κ2) is 10.1. The number of hydrogen-bond donors (Lipinski definition) is 1. The van der Waals surface area contributed by atoms with Crippen molar-refractivity contribution in [1.82, 2.24) is 10.2 Å². The second-order valence-electron chi connectivity index (χ2n) is 4.59. The van der Waals surface area contributed by atoms with Gasteiger partial charge in [0.25, 0.3) is 0 Å². The third-order valence-electron chi connectivity index (χ3n) is 2.99. The minimum Gasteiger partial charge on any atom is -0.383 e. The van der Waals surface area contributed by atoms with Crippen LogP contribution < -0.4 is 5.32 Å². The maximum Gasteiger partial charge on any atom is 0.0613 e. The summed E-state index contributed by atoms with van der Waals surface area (Å²) < 4.78 is 5.11. The SMILES string of the molecule is CCN(CC)CCCC(C)NC(C)COC. The molecule has 98 valence electrons. The highest BCUT2D eigenvalue weighted by atomic mass is 16.5. The van der Waals surface area contributed by atoms with E-state index >= 15 is 0 Å². The Morgan fingerprint density at radius 2 is 1.75 bits per heavy atom. The molecule has 0 bridgehead atoms. The largest absolute Gasteiger partial charge is 0.383 e. The van der Waals surface area contributed by atoms with Crippen LogP contribution in [0, 0.1) is 0 Å². The smallest absolute Gasteiger partial charge is 0.0613 e. The highest BCUT2D eigenvalue weighted by Gasteiger charge is 2.07. The van der Waals surface area contributed by atoms with E-state index in [-0.39, 0.29) is 0 Å². The van der Waals surface area contributed by atoms with Gasteiger partial charge in [0.15, 0.2) is 0 Å². The van der Waals surface area contributed by atoms with Crippen LogP contribution in [0.15, 0.2) is 0 Å². The van der Waals surface area contributed by atoms with Crippen molar-refractivity contribution in [3.05, 3.63) is 0 Å². The Balaban J connectivity index is 3.52. The van der Waals surface area contributed by atoms with Gasteiger partial charge in [-0.2, -0.15) is 0 Å². The summed E-state index contributed by atoms with van der Waals surface area (Å²) in [5, 5.41) is 3.55. The third-order valence-corrected chi connectivity index (χ3v) is 2.99. The van der Waals surface area contributed by atoms with Crippen molar-refractivity contribution in [3.63, 3.8) is 0 Å². The van der Waals surface area contributed by atoms with Crippen molar-refractivity contribution in [2.24, 2.45) is 0 Å². The summed E-state index contributed by atoms with van der Waals surface area (Å²) in [6.45, 7) is 13.2. The molecule has 0 spiro atoms. The number of nitrogens with one attached hydrogen (secondary N) is 1. The molecule has 2 unspecified atom stereocenters. The van der Waals surface area contributed by atoms with E-state index in [2.05, 4.69) is 37.9 Å². The van der Waals surface area contributed by atoms with E-state index in [4.69, 9.17) is 4.74 Å². The first-order chi connectivity index (χ1) is 7.63. The molecule has 0 saturated heterocycles. The van der Waals surface area contributed by atoms with E-state index in [0.29, 0.717) is 12.1 Å². The Labute approximate surface area is 102 Å². The Morgan fingerprint density at radius 1 is 1.12 bits per heavy atom. The Hall–Kier alpha value is -0.120. The predicted molar refractivity (Wildman–Crippen MR) is 71.0 cm³/mol. The molecule has 0 radical (unpaired) electrons. The maximum atomic E-state index is 5.11. The molecule has 0 aliphatic heterocycles. The summed E-state index contributed by atoms with van der Waals surface area (Å²) in [4.78, 5) is 2.48. The van der Waals surface area contributed by atoms with Crippen molar-refractivity contribution in [2.75, 3.05) is 33.4 Å². The first-order valence-electron chi connectivity index (χ1n) is 6.61. The molecule has 3 heteroatoms. The lowest BCUT2D eigenvalue weighted by Gasteiger charge is -2.22. The number of hydrogen-bond acceptors (Lipinski definition) is 3. The van der Waals surface area contributed by atoms with Gasteiger partial charge in [-0.15, -0.1) is 0 Å². The molecule has 0 aliphatic rings. The van der Waals surface area contributed by atoms with Gasteiger partial charge in [-0.05, 0) is 46.3 Å². The fraction of sp³-hybridized carbons (Fsp3) is 1.00. The van der Waals surface area contributed by atoms with Crippen LogP contribution >= 0.6 is 0 Å². The van der Waals surface area contributed by atoms with Crippen LogP contribution in [-0.2, 0) is 4.74 Å². The topological polar surface area (TPSA) is 24.5 Å². The van der Waals surface area contributed by atoms with E-state index < -0.39 is 0 Å². The van der Waals surface area contributed by atoms with Crippen LogP contribution in [-0.4, -0.2) is 50.3 Å². The van der Waals surface area contributed by atoms with Crippen LogP contribution in [0.1, 0.15) is 40.5 Å². The van der Waals surface area contributed by atoms with Gasteiger partial charge in [-0.25, -0.2) is 0 Å². The van der Waals surface area contributed by atoms with Crippen LogP contribution in [0.4, 0.5) is 0 Å². The molecule has 0 rings (SSSR count). The molecule has 1 N–H and O–H groups in total. The third kappa shape index (κ3) is 8.08. The number of ether oxygens (including phenoxy) is 1. The molecule has 0 heterocycles. The molecule has 16 heavy (non-hydrogen) atoms. The van der Waals surface area contributed by atoms with Crippen LogP contribution in [0.5, 0.6) is 0 Å². The summed E-state index contributed by atoms with van der Waals surface area (Å²) in [5.74, 6) is 0. The average Bonchev–Trinajstić information content (AvgIpc) is 2.24. The van der Waals surface area contributed by atoms with Crippen molar-refractivity contribution in [2.45, 2.75) is 52.6 Å². The van der Waals surface area contributed by atoms with E-state index in [9.17, 15) is 0 Å². The molecule has 0 aliphatic carbocycles. The highest BCUT2D eigenvalue weighted by Crippen LogP contribution is 2.00. The zero-order chi connectivity index (χ0) is 12.4. The molecular formula is C13H30N2O. The van der Waals surface area contributed by atoms with E-state index in [0.717, 1.165) is 6.61 Å². The van der Waals surface area contributed by atoms with Gasteiger partial charge in [0, 0.05) is 19.2 Å². The molecule has 0 aromatic rings. The average molecular weight is 230 g/mol. The van der Waals surface area contributed by atoms with Gasteiger partial charge in [0.2, 0.25) is 0 Å². The van der Waals surface area contributed by atoms with Crippen LogP contribution in [0.25, 0.3) is 0 Å². The normalized spacial score (nSPS) is 15.4. The molecule has 0 fully saturated rings. The van der Waals surface area contributed by atoms with E-state index in [1.807, 2.05) is 0 Å². The summed E-state index contributed by atoms with van der Waals surface area (Å²) in [7, 11) is 1.75. The minimum atomic E-state index is 0.452. The quantitative estimate of drug-likeness (QED) is 0.622. The summed E-state index contributed by atoms with van der Waals surface area (Å²) >= 11 is 0. The fourth-order valence-corrected chi connectivity index (χ4v) is 2.03. The first-order valence-corrected chi connectivity index (χ1v) is 6.61. The number of nitrogens with zero attached hydrogens (tertiary/aromatic N) is 1. The lowest BCUT2D eigenvalue weighted by atomic mass is 10.1. The molecule has 0 aromatic heterocycles. The first kappa shape index (κ1) is 15.9. The Kier molecular flexibility index (Phi) is 9.99. The Bertz CT molecular complexity index is 149. The van der Waals surface area contributed by atoms with Crippen molar-refractivity contribution in [3.8, 4) is 0 Å². The van der Waals surface area contributed by atoms with Crippen LogP contribution in [0.3, 0.4) is 0 Å². The lowest BCUT2D eigenvalue weighted by Crippen LogP contribution is -2.37. The van der Waals surface area contributed by atoms with Gasteiger partial charge in [0.05, 0.1) is 6.61 Å². The summed E-state index contributed by atoms with van der Waals surface area (Å²) in [6, 6.07) is 1.04. The van der Waals surface area contributed by atoms with Crippen molar-refractivity contribution >= 4 is 0 Å². The molecule has 0 saturated carbocycles. The van der Waals surface area contributed by atoms with Crippen molar-refractivity contribution in [1.29, 1.82) is 0 Å². The van der Waals surface area contributed by atoms with Gasteiger partial charge in [-0.1, -0.05) is 13.8 Å². The van der Waals surface area contributed by atoms with E-state index in [1.165, 1.54) is 32.5 Å². The summed E-state index contributed by atoms with van der Waals surface area (Å²) in [6.07, 6.45) is 2.51. The van der Waals surface area contributed by atoms with Crippen LogP contribution in [0.2, 0.25) is 0 Å². The number of rotatable bonds is 10. The van der Waals surface area contributed by atoms with E-state index in [1.54, 1.807) is 7.11 Å². The second-order valence-corrected chi connectivity index (χ2v) is 4.59. The van der Waals surface area contributed by atoms with Crippen molar-refractivity contribution < 1.29 is 4.74 Å². The molecule has 0 aromatic carbocycles. The molecule has 2 atom stereocenters.